The van der Waals surface area contributed by atoms with Crippen LogP contribution in [-0.2, 0) is 4.74 Å². The summed E-state index contributed by atoms with van der Waals surface area (Å²) in [6.07, 6.45) is 0.879. The SMILES string of the molecule is ClCCCOCC(c1ccccc1)c1ccc(Cl)cc1. The summed E-state index contributed by atoms with van der Waals surface area (Å²) in [4.78, 5) is 0. The fourth-order valence-corrected chi connectivity index (χ4v) is 2.36. The van der Waals surface area contributed by atoms with Crippen LogP contribution in [0.2, 0.25) is 5.02 Å². The van der Waals surface area contributed by atoms with Gasteiger partial charge >= 0.3 is 0 Å². The highest BCUT2D eigenvalue weighted by atomic mass is 35.5. The van der Waals surface area contributed by atoms with Crippen LogP contribution in [0.5, 0.6) is 0 Å². The molecule has 0 N–H and O–H groups in total. The molecule has 2 rings (SSSR count). The van der Waals surface area contributed by atoms with E-state index in [1.165, 1.54) is 11.1 Å². The van der Waals surface area contributed by atoms with Crippen molar-refractivity contribution in [2.75, 3.05) is 19.1 Å². The van der Waals surface area contributed by atoms with E-state index in [1.54, 1.807) is 0 Å². The molecule has 0 amide bonds. The Kier molecular flexibility index (Phi) is 6.38. The number of hydrogen-bond acceptors (Lipinski definition) is 1. The molecule has 0 aliphatic carbocycles. The monoisotopic (exact) mass is 308 g/mol. The Balaban J connectivity index is 2.13. The van der Waals surface area contributed by atoms with E-state index in [4.69, 9.17) is 27.9 Å². The highest BCUT2D eigenvalue weighted by Gasteiger charge is 2.14. The summed E-state index contributed by atoms with van der Waals surface area (Å²) in [5, 5.41) is 0.753. The van der Waals surface area contributed by atoms with Crippen molar-refractivity contribution >= 4 is 23.2 Å². The van der Waals surface area contributed by atoms with E-state index < -0.39 is 0 Å². The second-order valence-electron chi connectivity index (χ2n) is 4.63. The van der Waals surface area contributed by atoms with Crippen LogP contribution in [0.25, 0.3) is 0 Å². The molecule has 0 aliphatic heterocycles. The third-order valence-corrected chi connectivity index (χ3v) is 3.70. The van der Waals surface area contributed by atoms with Gasteiger partial charge in [0.15, 0.2) is 0 Å². The third kappa shape index (κ3) is 4.52. The highest BCUT2D eigenvalue weighted by molar-refractivity contribution is 6.30. The lowest BCUT2D eigenvalue weighted by molar-refractivity contribution is 0.128. The lowest BCUT2D eigenvalue weighted by Gasteiger charge is -2.18. The van der Waals surface area contributed by atoms with Crippen LogP contribution in [0.3, 0.4) is 0 Å². The quantitative estimate of drug-likeness (QED) is 0.509. The number of halogens is 2. The van der Waals surface area contributed by atoms with E-state index >= 15 is 0 Å². The Morgan fingerprint density at radius 1 is 0.900 bits per heavy atom. The van der Waals surface area contributed by atoms with Crippen LogP contribution in [-0.4, -0.2) is 19.1 Å². The molecular formula is C17H18Cl2O. The second kappa shape index (κ2) is 8.31. The minimum atomic E-state index is 0.226. The standard InChI is InChI=1S/C17H18Cl2O/c18-11-4-12-20-13-17(14-5-2-1-3-6-14)15-7-9-16(19)10-8-15/h1-3,5-10,17H,4,11-13H2. The van der Waals surface area contributed by atoms with Crippen LogP contribution >= 0.6 is 23.2 Å². The van der Waals surface area contributed by atoms with E-state index in [2.05, 4.69) is 36.4 Å². The summed E-state index contributed by atoms with van der Waals surface area (Å²) in [5.41, 5.74) is 2.46. The minimum absolute atomic E-state index is 0.226. The van der Waals surface area contributed by atoms with Crippen molar-refractivity contribution in [2.24, 2.45) is 0 Å². The maximum absolute atomic E-state index is 5.96. The third-order valence-electron chi connectivity index (χ3n) is 3.18. The topological polar surface area (TPSA) is 9.23 Å². The van der Waals surface area contributed by atoms with E-state index in [9.17, 15) is 0 Å². The largest absolute Gasteiger partial charge is 0.380 e. The molecule has 0 aliphatic rings. The van der Waals surface area contributed by atoms with Crippen LogP contribution in [0.1, 0.15) is 23.5 Å². The first-order valence-electron chi connectivity index (χ1n) is 6.75. The first kappa shape index (κ1) is 15.4. The first-order valence-corrected chi connectivity index (χ1v) is 7.66. The summed E-state index contributed by atoms with van der Waals surface area (Å²) in [6.45, 7) is 1.35. The molecule has 0 radical (unpaired) electrons. The van der Waals surface area contributed by atoms with E-state index in [0.29, 0.717) is 19.1 Å². The molecule has 0 bridgehead atoms. The minimum Gasteiger partial charge on any atom is -0.380 e. The Bertz CT molecular complexity index is 496. The maximum Gasteiger partial charge on any atom is 0.0575 e. The molecule has 1 nitrogen and oxygen atoms in total. The van der Waals surface area contributed by atoms with E-state index in [0.717, 1.165) is 11.4 Å². The molecule has 1 atom stereocenters. The van der Waals surface area contributed by atoms with Crippen molar-refractivity contribution in [3.8, 4) is 0 Å². The Morgan fingerprint density at radius 3 is 2.20 bits per heavy atom. The van der Waals surface area contributed by atoms with Crippen LogP contribution in [0.15, 0.2) is 54.6 Å². The van der Waals surface area contributed by atoms with Gasteiger partial charge in [0.25, 0.3) is 0 Å². The lowest BCUT2D eigenvalue weighted by Crippen LogP contribution is -2.10. The van der Waals surface area contributed by atoms with E-state index in [-0.39, 0.29) is 5.92 Å². The Morgan fingerprint density at radius 2 is 1.55 bits per heavy atom. The smallest absolute Gasteiger partial charge is 0.0575 e. The number of rotatable bonds is 7. The van der Waals surface area contributed by atoms with Crippen molar-refractivity contribution < 1.29 is 4.74 Å². The van der Waals surface area contributed by atoms with Gasteiger partial charge in [-0.25, -0.2) is 0 Å². The molecule has 1 unspecified atom stereocenters. The van der Waals surface area contributed by atoms with Gasteiger partial charge in [0.2, 0.25) is 0 Å². The summed E-state index contributed by atoms with van der Waals surface area (Å²) < 4.78 is 5.76. The second-order valence-corrected chi connectivity index (χ2v) is 5.45. The molecule has 0 heterocycles. The van der Waals surface area contributed by atoms with Gasteiger partial charge in [-0.2, -0.15) is 0 Å². The van der Waals surface area contributed by atoms with Crippen LogP contribution < -0.4 is 0 Å². The van der Waals surface area contributed by atoms with Crippen molar-refractivity contribution in [3.05, 3.63) is 70.7 Å². The zero-order valence-corrected chi connectivity index (χ0v) is 12.8. The number of benzene rings is 2. The van der Waals surface area contributed by atoms with Crippen LogP contribution in [0, 0.1) is 0 Å². The molecule has 0 spiro atoms. The molecule has 0 saturated heterocycles. The van der Waals surface area contributed by atoms with Gasteiger partial charge in [0.05, 0.1) is 6.61 Å². The normalized spacial score (nSPS) is 12.3. The predicted octanol–water partition coefficient (Wildman–Crippen LogP) is 5.12. The summed E-state index contributed by atoms with van der Waals surface area (Å²) >= 11 is 11.6. The van der Waals surface area contributed by atoms with Gasteiger partial charge in [-0.3, -0.25) is 0 Å². The molecule has 0 saturated carbocycles. The van der Waals surface area contributed by atoms with Gasteiger partial charge < -0.3 is 4.74 Å². The summed E-state index contributed by atoms with van der Waals surface area (Å²) in [7, 11) is 0. The highest BCUT2D eigenvalue weighted by Crippen LogP contribution is 2.26. The predicted molar refractivity (Wildman–Crippen MR) is 85.9 cm³/mol. The average molecular weight is 309 g/mol. The van der Waals surface area contributed by atoms with Gasteiger partial charge in [-0.05, 0) is 29.7 Å². The van der Waals surface area contributed by atoms with Crippen LogP contribution in [0.4, 0.5) is 0 Å². The van der Waals surface area contributed by atoms with Gasteiger partial charge in [0, 0.05) is 23.4 Å². The van der Waals surface area contributed by atoms with E-state index in [1.807, 2.05) is 18.2 Å². The van der Waals surface area contributed by atoms with Crippen molar-refractivity contribution in [1.82, 2.24) is 0 Å². The van der Waals surface area contributed by atoms with Crippen molar-refractivity contribution in [1.29, 1.82) is 0 Å². The molecule has 106 valence electrons. The molecule has 2 aromatic rings. The number of alkyl halides is 1. The van der Waals surface area contributed by atoms with Gasteiger partial charge in [-0.1, -0.05) is 54.1 Å². The molecule has 3 heteroatoms. The molecular weight excluding hydrogens is 291 g/mol. The summed E-state index contributed by atoms with van der Waals surface area (Å²) in [5.74, 6) is 0.862. The fourth-order valence-electron chi connectivity index (χ4n) is 2.12. The van der Waals surface area contributed by atoms with Gasteiger partial charge in [0.1, 0.15) is 0 Å². The molecule has 0 aromatic heterocycles. The first-order chi connectivity index (χ1) is 9.81. The number of hydrogen-bond donors (Lipinski definition) is 0. The van der Waals surface area contributed by atoms with Gasteiger partial charge in [-0.15, -0.1) is 11.6 Å². The average Bonchev–Trinajstić information content (AvgIpc) is 2.50. The summed E-state index contributed by atoms with van der Waals surface area (Å²) in [6, 6.07) is 18.4. The van der Waals surface area contributed by atoms with Crippen molar-refractivity contribution in [3.63, 3.8) is 0 Å². The zero-order chi connectivity index (χ0) is 14.2. The molecule has 2 aromatic carbocycles. The molecule has 20 heavy (non-hydrogen) atoms. The Labute approximate surface area is 130 Å². The number of ether oxygens (including phenoxy) is 1. The zero-order valence-electron chi connectivity index (χ0n) is 11.3. The Hall–Kier alpha value is -1.02. The fraction of sp³-hybridized carbons (Fsp3) is 0.294. The maximum atomic E-state index is 5.96. The molecule has 0 fully saturated rings. The van der Waals surface area contributed by atoms with Crippen molar-refractivity contribution in [2.45, 2.75) is 12.3 Å². The lowest BCUT2D eigenvalue weighted by atomic mass is 9.92.